The number of carbonyl (C=O) groups is 2. The number of aliphatic hydroxyl groups excluding tert-OH is 1. The predicted octanol–water partition coefficient (Wildman–Crippen LogP) is 11.6. The predicted molar refractivity (Wildman–Crippen MR) is 204 cm³/mol. The van der Waals surface area contributed by atoms with E-state index in [-0.39, 0.29) is 30.4 Å². The second-order valence-electron chi connectivity index (χ2n) is 14.5. The highest BCUT2D eigenvalue weighted by Crippen LogP contribution is 2.21. The number of hydrogen-bond donors (Lipinski definition) is 1. The highest BCUT2D eigenvalue weighted by molar-refractivity contribution is 5.72. The van der Waals surface area contributed by atoms with E-state index in [9.17, 15) is 14.7 Å². The van der Waals surface area contributed by atoms with E-state index in [2.05, 4.69) is 32.6 Å². The van der Waals surface area contributed by atoms with Crippen LogP contribution in [0.1, 0.15) is 207 Å². The Hall–Kier alpha value is -1.14. The molecule has 0 spiro atoms. The van der Waals surface area contributed by atoms with Crippen LogP contribution in [0.2, 0.25) is 0 Å². The Morgan fingerprint density at radius 2 is 0.771 bits per heavy atom. The maximum absolute atomic E-state index is 12.7. The number of nitrogens with zero attached hydrogens (tertiary/aromatic N) is 1. The zero-order chi connectivity index (χ0) is 35.3. The van der Waals surface area contributed by atoms with E-state index in [1.807, 2.05) is 0 Å². The molecule has 6 heteroatoms. The Balaban J connectivity index is 4.12. The van der Waals surface area contributed by atoms with Crippen LogP contribution >= 0.6 is 0 Å². The Bertz CT molecular complexity index is 635. The Morgan fingerprint density at radius 1 is 0.438 bits per heavy atom. The fourth-order valence-corrected chi connectivity index (χ4v) is 6.60. The van der Waals surface area contributed by atoms with Crippen molar-refractivity contribution in [1.29, 1.82) is 0 Å². The van der Waals surface area contributed by atoms with Crippen molar-refractivity contribution in [2.45, 2.75) is 207 Å². The molecule has 0 rings (SSSR count). The van der Waals surface area contributed by atoms with E-state index >= 15 is 0 Å². The molecule has 0 aliphatic rings. The summed E-state index contributed by atoms with van der Waals surface area (Å²) < 4.78 is 11.4. The number of aliphatic hydroxyl groups is 1. The van der Waals surface area contributed by atoms with Crippen molar-refractivity contribution < 1.29 is 24.2 Å². The number of hydrogen-bond acceptors (Lipinski definition) is 6. The smallest absolute Gasteiger partial charge is 0.308 e. The maximum Gasteiger partial charge on any atom is 0.308 e. The lowest BCUT2D eigenvalue weighted by Gasteiger charge is -2.22. The molecular formula is C42H83NO5. The van der Waals surface area contributed by atoms with Gasteiger partial charge in [-0.25, -0.2) is 0 Å². The van der Waals surface area contributed by atoms with Gasteiger partial charge in [0.1, 0.15) is 0 Å². The van der Waals surface area contributed by atoms with E-state index in [0.717, 1.165) is 122 Å². The average Bonchev–Trinajstić information content (AvgIpc) is 3.09. The SMILES string of the molecule is CCCCCCC(CCCC)C(=O)OCCCCCCCN(CCCCO)CCCCCCCOC(=O)C(CCCC)CCCCCC. The summed E-state index contributed by atoms with van der Waals surface area (Å²) in [6.45, 7) is 13.6. The molecule has 0 amide bonds. The van der Waals surface area contributed by atoms with E-state index < -0.39 is 0 Å². The molecule has 0 bridgehead atoms. The highest BCUT2D eigenvalue weighted by atomic mass is 16.5. The third-order valence-electron chi connectivity index (χ3n) is 9.90. The number of ether oxygens (including phenoxy) is 2. The normalized spacial score (nSPS) is 12.8. The van der Waals surface area contributed by atoms with Gasteiger partial charge in [0.05, 0.1) is 25.0 Å². The van der Waals surface area contributed by atoms with Gasteiger partial charge < -0.3 is 19.5 Å². The lowest BCUT2D eigenvalue weighted by atomic mass is 9.95. The van der Waals surface area contributed by atoms with Crippen LogP contribution in [0.15, 0.2) is 0 Å². The molecule has 0 fully saturated rings. The highest BCUT2D eigenvalue weighted by Gasteiger charge is 2.20. The summed E-state index contributed by atoms with van der Waals surface area (Å²) in [5.74, 6) is 0.283. The monoisotopic (exact) mass is 682 g/mol. The van der Waals surface area contributed by atoms with Gasteiger partial charge in [-0.3, -0.25) is 9.59 Å². The van der Waals surface area contributed by atoms with Crippen LogP contribution in [0, 0.1) is 11.8 Å². The minimum atomic E-state index is 0.0429. The fourth-order valence-electron chi connectivity index (χ4n) is 6.60. The van der Waals surface area contributed by atoms with Crippen molar-refractivity contribution in [1.82, 2.24) is 4.90 Å². The maximum atomic E-state index is 12.7. The molecule has 0 aromatic carbocycles. The van der Waals surface area contributed by atoms with Gasteiger partial charge >= 0.3 is 11.9 Å². The van der Waals surface area contributed by atoms with E-state index in [4.69, 9.17) is 9.47 Å². The van der Waals surface area contributed by atoms with Crippen molar-refractivity contribution in [3.05, 3.63) is 0 Å². The summed E-state index contributed by atoms with van der Waals surface area (Å²) in [5.41, 5.74) is 0. The quantitative estimate of drug-likeness (QED) is 0.0516. The van der Waals surface area contributed by atoms with Gasteiger partial charge in [-0.15, -0.1) is 0 Å². The zero-order valence-electron chi connectivity index (χ0n) is 32.7. The van der Waals surface area contributed by atoms with E-state index in [1.54, 1.807) is 0 Å². The lowest BCUT2D eigenvalue weighted by Crippen LogP contribution is -2.27. The van der Waals surface area contributed by atoms with Crippen LogP contribution in [-0.4, -0.2) is 61.4 Å². The lowest BCUT2D eigenvalue weighted by molar-refractivity contribution is -0.150. The molecule has 6 nitrogen and oxygen atoms in total. The van der Waals surface area contributed by atoms with Gasteiger partial charge in [0.15, 0.2) is 0 Å². The van der Waals surface area contributed by atoms with Crippen LogP contribution < -0.4 is 0 Å². The van der Waals surface area contributed by atoms with Crippen LogP contribution in [0.4, 0.5) is 0 Å². The number of carbonyl (C=O) groups excluding carboxylic acids is 2. The Morgan fingerprint density at radius 3 is 1.17 bits per heavy atom. The number of esters is 2. The molecule has 0 saturated heterocycles. The first-order valence-electron chi connectivity index (χ1n) is 21.2. The van der Waals surface area contributed by atoms with Crippen molar-refractivity contribution in [3.63, 3.8) is 0 Å². The topological polar surface area (TPSA) is 76.1 Å². The third kappa shape index (κ3) is 29.7. The van der Waals surface area contributed by atoms with Gasteiger partial charge in [-0.2, -0.15) is 0 Å². The van der Waals surface area contributed by atoms with Crippen molar-refractivity contribution in [2.24, 2.45) is 11.8 Å². The van der Waals surface area contributed by atoms with Crippen molar-refractivity contribution in [3.8, 4) is 0 Å². The zero-order valence-corrected chi connectivity index (χ0v) is 32.7. The average molecular weight is 682 g/mol. The molecule has 0 radical (unpaired) electrons. The molecular weight excluding hydrogens is 598 g/mol. The van der Waals surface area contributed by atoms with Crippen molar-refractivity contribution >= 4 is 11.9 Å². The Labute approximate surface area is 299 Å². The molecule has 0 aliphatic heterocycles. The van der Waals surface area contributed by atoms with E-state index in [0.29, 0.717) is 13.2 Å². The van der Waals surface area contributed by atoms with Crippen LogP contribution in [-0.2, 0) is 19.1 Å². The molecule has 286 valence electrons. The van der Waals surface area contributed by atoms with Gasteiger partial charge in [0.25, 0.3) is 0 Å². The molecule has 0 aromatic rings. The number of rotatable bonds is 38. The summed E-state index contributed by atoms with van der Waals surface area (Å²) >= 11 is 0. The molecule has 0 saturated carbocycles. The largest absolute Gasteiger partial charge is 0.465 e. The van der Waals surface area contributed by atoms with Gasteiger partial charge in [0.2, 0.25) is 0 Å². The minimum Gasteiger partial charge on any atom is -0.465 e. The minimum absolute atomic E-state index is 0.0429. The molecule has 2 unspecified atom stereocenters. The van der Waals surface area contributed by atoms with Crippen LogP contribution in [0.25, 0.3) is 0 Å². The first kappa shape index (κ1) is 46.9. The van der Waals surface area contributed by atoms with Crippen LogP contribution in [0.3, 0.4) is 0 Å². The van der Waals surface area contributed by atoms with Gasteiger partial charge in [-0.05, 0) is 83.8 Å². The fraction of sp³-hybridized carbons (Fsp3) is 0.952. The summed E-state index contributed by atoms with van der Waals surface area (Å²) in [7, 11) is 0. The van der Waals surface area contributed by atoms with Crippen molar-refractivity contribution in [2.75, 3.05) is 39.5 Å². The summed E-state index contributed by atoms with van der Waals surface area (Å²) in [6.07, 6.45) is 31.5. The number of unbranched alkanes of at least 4 members (excludes halogenated alkanes) is 17. The van der Waals surface area contributed by atoms with Gasteiger partial charge in [-0.1, -0.05) is 143 Å². The molecule has 0 aromatic heterocycles. The second kappa shape index (κ2) is 37.1. The first-order valence-corrected chi connectivity index (χ1v) is 21.2. The van der Waals surface area contributed by atoms with Crippen LogP contribution in [0.5, 0.6) is 0 Å². The summed E-state index contributed by atoms with van der Waals surface area (Å²) in [5, 5.41) is 9.25. The second-order valence-corrected chi connectivity index (χ2v) is 14.5. The summed E-state index contributed by atoms with van der Waals surface area (Å²) in [6, 6.07) is 0. The molecule has 48 heavy (non-hydrogen) atoms. The molecule has 2 atom stereocenters. The molecule has 0 aliphatic carbocycles. The standard InChI is InChI=1S/C42H83NO5/c1-5-9-13-21-31-39(29-11-7-3)41(45)47-37-27-19-15-17-23-33-43(35-25-26-36-44)34-24-18-16-20-28-38-48-42(46)40(30-12-8-4)32-22-14-10-6-2/h39-40,44H,5-38H2,1-4H3. The first-order chi connectivity index (χ1) is 23.5. The summed E-state index contributed by atoms with van der Waals surface area (Å²) in [4.78, 5) is 27.9. The Kier molecular flexibility index (Phi) is 36.2. The molecule has 0 heterocycles. The molecule has 1 N–H and O–H groups in total. The van der Waals surface area contributed by atoms with Gasteiger partial charge in [0, 0.05) is 6.61 Å². The van der Waals surface area contributed by atoms with E-state index in [1.165, 1.54) is 77.0 Å². The third-order valence-corrected chi connectivity index (χ3v) is 9.90.